The van der Waals surface area contributed by atoms with Crippen LogP contribution in [0.2, 0.25) is 0 Å². The normalized spacial score (nSPS) is 14.8. The Bertz CT molecular complexity index is 824. The first-order chi connectivity index (χ1) is 13.1. The van der Waals surface area contributed by atoms with Gasteiger partial charge in [-0.25, -0.2) is 4.39 Å². The molecular formula is C20H25FN6. The molecule has 1 N–H and O–H groups in total. The number of aromatic nitrogens is 2. The minimum atomic E-state index is -0.155. The van der Waals surface area contributed by atoms with Gasteiger partial charge in [0.1, 0.15) is 17.4 Å². The fraction of sp³-hybridized carbons (Fsp3) is 0.450. The molecule has 27 heavy (non-hydrogen) atoms. The van der Waals surface area contributed by atoms with E-state index in [4.69, 9.17) is 0 Å². The van der Waals surface area contributed by atoms with Crippen LogP contribution in [0.5, 0.6) is 0 Å². The molecule has 1 aliphatic heterocycles. The summed E-state index contributed by atoms with van der Waals surface area (Å²) in [5.74, 6) is 0.405. The van der Waals surface area contributed by atoms with Gasteiger partial charge in [0.15, 0.2) is 5.82 Å². The minimum Gasteiger partial charge on any atom is -0.367 e. The Morgan fingerprint density at radius 3 is 2.59 bits per heavy atom. The molecule has 142 valence electrons. The van der Waals surface area contributed by atoms with Crippen LogP contribution in [-0.2, 0) is 0 Å². The number of halogens is 1. The van der Waals surface area contributed by atoms with Crippen molar-refractivity contribution in [3.8, 4) is 6.07 Å². The molecule has 1 aliphatic rings. The third kappa shape index (κ3) is 4.52. The van der Waals surface area contributed by atoms with Gasteiger partial charge in [-0.1, -0.05) is 12.1 Å². The smallest absolute Gasteiger partial charge is 0.166 e. The zero-order chi connectivity index (χ0) is 19.2. The van der Waals surface area contributed by atoms with Crippen molar-refractivity contribution in [3.63, 3.8) is 0 Å². The summed E-state index contributed by atoms with van der Waals surface area (Å²) in [6.45, 7) is 8.93. The summed E-state index contributed by atoms with van der Waals surface area (Å²) in [7, 11) is 0. The van der Waals surface area contributed by atoms with Crippen molar-refractivity contribution in [1.29, 1.82) is 5.26 Å². The standard InChI is InChI=1S/C20H25FN6/c1-15-16(2)24-25-20(17(15)14-22)23-8-5-9-26-10-12-27(13-11-26)19-7-4-3-6-18(19)21/h3-4,6-7H,5,8-13H2,1-2H3,(H,23,25). The first-order valence-corrected chi connectivity index (χ1v) is 9.30. The number of hydrogen-bond donors (Lipinski definition) is 1. The zero-order valence-electron chi connectivity index (χ0n) is 15.9. The summed E-state index contributed by atoms with van der Waals surface area (Å²) in [5, 5.41) is 20.8. The van der Waals surface area contributed by atoms with Gasteiger partial charge in [0, 0.05) is 32.7 Å². The summed E-state index contributed by atoms with van der Waals surface area (Å²) in [5.41, 5.74) is 2.92. The number of anilines is 2. The van der Waals surface area contributed by atoms with E-state index in [-0.39, 0.29) is 5.82 Å². The molecule has 1 saturated heterocycles. The number of hydrogen-bond acceptors (Lipinski definition) is 6. The van der Waals surface area contributed by atoms with Crippen molar-refractivity contribution in [2.45, 2.75) is 20.3 Å². The predicted octanol–water partition coefficient (Wildman–Crippen LogP) is 2.73. The quantitative estimate of drug-likeness (QED) is 0.791. The largest absolute Gasteiger partial charge is 0.367 e. The van der Waals surface area contributed by atoms with Gasteiger partial charge >= 0.3 is 0 Å². The van der Waals surface area contributed by atoms with E-state index < -0.39 is 0 Å². The highest BCUT2D eigenvalue weighted by Crippen LogP contribution is 2.20. The van der Waals surface area contributed by atoms with Crippen molar-refractivity contribution < 1.29 is 4.39 Å². The number of nitrogens with one attached hydrogen (secondary N) is 1. The maximum atomic E-state index is 13.9. The lowest BCUT2D eigenvalue weighted by molar-refractivity contribution is 0.256. The molecule has 1 aromatic heterocycles. The number of piperazine rings is 1. The first-order valence-electron chi connectivity index (χ1n) is 9.30. The van der Waals surface area contributed by atoms with Gasteiger partial charge in [0.2, 0.25) is 0 Å². The van der Waals surface area contributed by atoms with Gasteiger partial charge in [-0.05, 0) is 44.5 Å². The molecular weight excluding hydrogens is 343 g/mol. The average Bonchev–Trinajstić information content (AvgIpc) is 2.69. The van der Waals surface area contributed by atoms with E-state index in [1.807, 2.05) is 26.0 Å². The fourth-order valence-electron chi connectivity index (χ4n) is 3.30. The molecule has 0 spiro atoms. The minimum absolute atomic E-state index is 0.155. The Morgan fingerprint density at radius 2 is 1.89 bits per heavy atom. The van der Waals surface area contributed by atoms with E-state index in [0.717, 1.165) is 56.9 Å². The lowest BCUT2D eigenvalue weighted by Gasteiger charge is -2.36. The van der Waals surface area contributed by atoms with Crippen molar-refractivity contribution in [2.24, 2.45) is 0 Å². The SMILES string of the molecule is Cc1nnc(NCCCN2CCN(c3ccccc3F)CC2)c(C#N)c1C. The Labute approximate surface area is 159 Å². The van der Waals surface area contributed by atoms with Gasteiger partial charge in [-0.3, -0.25) is 4.90 Å². The molecule has 0 saturated carbocycles. The summed E-state index contributed by atoms with van der Waals surface area (Å²) < 4.78 is 13.9. The van der Waals surface area contributed by atoms with Gasteiger partial charge in [0.25, 0.3) is 0 Å². The molecule has 1 fully saturated rings. The van der Waals surface area contributed by atoms with Crippen LogP contribution in [0, 0.1) is 31.0 Å². The van der Waals surface area contributed by atoms with Crippen LogP contribution in [0.1, 0.15) is 23.2 Å². The van der Waals surface area contributed by atoms with E-state index >= 15 is 0 Å². The third-order valence-corrected chi connectivity index (χ3v) is 5.08. The molecule has 6 nitrogen and oxygen atoms in total. The van der Waals surface area contributed by atoms with Crippen LogP contribution in [-0.4, -0.2) is 54.4 Å². The number of nitrogens with zero attached hydrogens (tertiary/aromatic N) is 5. The highest BCUT2D eigenvalue weighted by Gasteiger charge is 2.19. The summed E-state index contributed by atoms with van der Waals surface area (Å²) in [6.07, 6.45) is 0.944. The molecule has 1 aromatic carbocycles. The van der Waals surface area contributed by atoms with Crippen molar-refractivity contribution >= 4 is 11.5 Å². The summed E-state index contributed by atoms with van der Waals surface area (Å²) in [6, 6.07) is 9.16. The number of benzene rings is 1. The van der Waals surface area contributed by atoms with Crippen LogP contribution in [0.25, 0.3) is 0 Å². The number of aryl methyl sites for hydroxylation is 1. The molecule has 0 bridgehead atoms. The molecule has 0 unspecified atom stereocenters. The number of para-hydroxylation sites is 1. The van der Waals surface area contributed by atoms with Crippen molar-refractivity contribution in [3.05, 3.63) is 46.9 Å². The molecule has 0 amide bonds. The Kier molecular flexibility index (Phi) is 6.20. The van der Waals surface area contributed by atoms with Crippen molar-refractivity contribution in [1.82, 2.24) is 15.1 Å². The zero-order valence-corrected chi connectivity index (χ0v) is 15.9. The maximum absolute atomic E-state index is 13.9. The average molecular weight is 368 g/mol. The molecule has 0 atom stereocenters. The molecule has 2 aromatic rings. The Hall–Kier alpha value is -2.72. The van der Waals surface area contributed by atoms with Crippen LogP contribution in [0.4, 0.5) is 15.9 Å². The second-order valence-electron chi connectivity index (χ2n) is 6.81. The summed E-state index contributed by atoms with van der Waals surface area (Å²) in [4.78, 5) is 4.49. The lowest BCUT2D eigenvalue weighted by Crippen LogP contribution is -2.47. The Morgan fingerprint density at radius 1 is 1.15 bits per heavy atom. The first kappa shape index (κ1) is 19.1. The topological polar surface area (TPSA) is 68.1 Å². The van der Waals surface area contributed by atoms with Crippen LogP contribution in [0.15, 0.2) is 24.3 Å². The van der Waals surface area contributed by atoms with Gasteiger partial charge < -0.3 is 10.2 Å². The van der Waals surface area contributed by atoms with Crippen LogP contribution in [0.3, 0.4) is 0 Å². The summed E-state index contributed by atoms with van der Waals surface area (Å²) >= 11 is 0. The Balaban J connectivity index is 1.43. The second kappa shape index (κ2) is 8.78. The number of nitriles is 1. The van der Waals surface area contributed by atoms with E-state index in [9.17, 15) is 9.65 Å². The van der Waals surface area contributed by atoms with Gasteiger partial charge in [-0.2, -0.15) is 10.4 Å². The highest BCUT2D eigenvalue weighted by atomic mass is 19.1. The lowest BCUT2D eigenvalue weighted by atomic mass is 10.1. The maximum Gasteiger partial charge on any atom is 0.166 e. The van der Waals surface area contributed by atoms with Crippen LogP contribution < -0.4 is 10.2 Å². The van der Waals surface area contributed by atoms with E-state index in [1.54, 1.807) is 6.07 Å². The molecule has 2 heterocycles. The monoisotopic (exact) mass is 368 g/mol. The second-order valence-corrected chi connectivity index (χ2v) is 6.81. The highest BCUT2D eigenvalue weighted by molar-refractivity contribution is 5.55. The molecule has 0 aliphatic carbocycles. The van der Waals surface area contributed by atoms with E-state index in [1.165, 1.54) is 6.07 Å². The van der Waals surface area contributed by atoms with E-state index in [2.05, 4.69) is 31.4 Å². The predicted molar refractivity (Wildman–Crippen MR) is 104 cm³/mol. The molecule has 3 rings (SSSR count). The third-order valence-electron chi connectivity index (χ3n) is 5.08. The molecule has 0 radical (unpaired) electrons. The van der Waals surface area contributed by atoms with Crippen molar-refractivity contribution in [2.75, 3.05) is 49.5 Å². The van der Waals surface area contributed by atoms with E-state index in [0.29, 0.717) is 17.1 Å². The van der Waals surface area contributed by atoms with Gasteiger partial charge in [-0.15, -0.1) is 5.10 Å². The molecule has 7 heteroatoms. The number of rotatable bonds is 6. The van der Waals surface area contributed by atoms with Crippen LogP contribution >= 0.6 is 0 Å². The van der Waals surface area contributed by atoms with Gasteiger partial charge in [0.05, 0.1) is 11.4 Å². The fourth-order valence-corrected chi connectivity index (χ4v) is 3.30.